The zero-order valence-electron chi connectivity index (χ0n) is 10.9. The highest BCUT2D eigenvalue weighted by Gasteiger charge is 2.38. The molecule has 0 heterocycles. The molecule has 1 N–H and O–H groups in total. The highest BCUT2D eigenvalue weighted by Crippen LogP contribution is 2.43. The van der Waals surface area contributed by atoms with E-state index in [-0.39, 0.29) is 0 Å². The van der Waals surface area contributed by atoms with Crippen LogP contribution in [0.3, 0.4) is 0 Å². The van der Waals surface area contributed by atoms with E-state index in [0.29, 0.717) is 0 Å². The molecule has 16 heavy (non-hydrogen) atoms. The van der Waals surface area contributed by atoms with Crippen LogP contribution in [0.5, 0.6) is 0 Å². The minimum Gasteiger partial charge on any atom is -0.314 e. The topological polar surface area (TPSA) is 12.0 Å². The van der Waals surface area contributed by atoms with Gasteiger partial charge in [-0.15, -0.1) is 0 Å². The monoisotopic (exact) mass is 217 g/mol. The second-order valence-electron chi connectivity index (χ2n) is 5.23. The van der Waals surface area contributed by atoms with Gasteiger partial charge in [-0.2, -0.15) is 0 Å². The average molecular weight is 217 g/mol. The molecule has 3 unspecified atom stereocenters. The molecule has 0 aliphatic heterocycles. The molecule has 1 aromatic rings. The van der Waals surface area contributed by atoms with Crippen LogP contribution in [-0.2, 0) is 0 Å². The van der Waals surface area contributed by atoms with Crippen LogP contribution in [-0.4, -0.2) is 12.6 Å². The Bertz CT molecular complexity index is 370. The SMILES string of the molecule is CCNC1CC(c2ccc(C)cc2C)C1C. The zero-order valence-corrected chi connectivity index (χ0v) is 10.9. The summed E-state index contributed by atoms with van der Waals surface area (Å²) in [7, 11) is 0. The molecule has 0 aromatic heterocycles. The molecule has 1 nitrogen and oxygen atoms in total. The van der Waals surface area contributed by atoms with Crippen molar-refractivity contribution < 1.29 is 0 Å². The highest BCUT2D eigenvalue weighted by atomic mass is 14.9. The summed E-state index contributed by atoms with van der Waals surface area (Å²) in [5, 5.41) is 3.56. The van der Waals surface area contributed by atoms with Crippen molar-refractivity contribution in [3.8, 4) is 0 Å². The van der Waals surface area contributed by atoms with Crippen LogP contribution in [0.15, 0.2) is 18.2 Å². The van der Waals surface area contributed by atoms with Crippen molar-refractivity contribution in [2.45, 2.75) is 46.1 Å². The quantitative estimate of drug-likeness (QED) is 0.818. The van der Waals surface area contributed by atoms with Gasteiger partial charge in [0.1, 0.15) is 0 Å². The molecule has 0 spiro atoms. The first-order valence-electron chi connectivity index (χ1n) is 6.44. The standard InChI is InChI=1S/C15H23N/c1-5-16-15-9-14(12(15)4)13-7-6-10(2)8-11(13)3/h6-8,12,14-16H,5,9H2,1-4H3. The number of benzene rings is 1. The molecular formula is C15H23N. The molecule has 1 heteroatoms. The summed E-state index contributed by atoms with van der Waals surface area (Å²) in [6.07, 6.45) is 1.30. The fourth-order valence-corrected chi connectivity index (χ4v) is 2.97. The Balaban J connectivity index is 2.10. The molecular weight excluding hydrogens is 194 g/mol. The largest absolute Gasteiger partial charge is 0.314 e. The van der Waals surface area contributed by atoms with Crippen LogP contribution in [0.1, 0.15) is 42.9 Å². The van der Waals surface area contributed by atoms with Crippen molar-refractivity contribution in [3.05, 3.63) is 34.9 Å². The van der Waals surface area contributed by atoms with Crippen molar-refractivity contribution in [1.82, 2.24) is 5.32 Å². The van der Waals surface area contributed by atoms with Gasteiger partial charge in [0.2, 0.25) is 0 Å². The zero-order chi connectivity index (χ0) is 11.7. The summed E-state index contributed by atoms with van der Waals surface area (Å²) in [5.41, 5.74) is 4.40. The summed E-state index contributed by atoms with van der Waals surface area (Å²) in [6, 6.07) is 7.61. The molecule has 2 rings (SSSR count). The van der Waals surface area contributed by atoms with Crippen molar-refractivity contribution >= 4 is 0 Å². The van der Waals surface area contributed by atoms with Gasteiger partial charge in [0, 0.05) is 6.04 Å². The molecule has 88 valence electrons. The van der Waals surface area contributed by atoms with Crippen LogP contribution in [0, 0.1) is 19.8 Å². The minimum atomic E-state index is 0.732. The number of hydrogen-bond acceptors (Lipinski definition) is 1. The Kier molecular flexibility index (Phi) is 3.34. The summed E-state index contributed by atoms with van der Waals surface area (Å²) < 4.78 is 0. The molecule has 0 bridgehead atoms. The van der Waals surface area contributed by atoms with E-state index in [1.165, 1.54) is 17.5 Å². The first-order chi connectivity index (χ1) is 7.63. The lowest BCUT2D eigenvalue weighted by Crippen LogP contribution is -2.47. The van der Waals surface area contributed by atoms with E-state index in [0.717, 1.165) is 24.4 Å². The van der Waals surface area contributed by atoms with E-state index >= 15 is 0 Å². The van der Waals surface area contributed by atoms with Crippen molar-refractivity contribution in [2.24, 2.45) is 5.92 Å². The van der Waals surface area contributed by atoms with Gasteiger partial charge in [0.25, 0.3) is 0 Å². The average Bonchev–Trinajstić information content (AvgIpc) is 2.25. The molecule has 1 fully saturated rings. The molecule has 1 aliphatic carbocycles. The van der Waals surface area contributed by atoms with Crippen LogP contribution in [0.2, 0.25) is 0 Å². The lowest BCUT2D eigenvalue weighted by atomic mass is 9.66. The van der Waals surface area contributed by atoms with E-state index in [1.807, 2.05) is 0 Å². The van der Waals surface area contributed by atoms with Crippen molar-refractivity contribution in [2.75, 3.05) is 6.54 Å². The third-order valence-electron chi connectivity index (χ3n) is 4.07. The van der Waals surface area contributed by atoms with Crippen molar-refractivity contribution in [1.29, 1.82) is 0 Å². The Morgan fingerprint density at radius 2 is 2.06 bits per heavy atom. The molecule has 3 atom stereocenters. The summed E-state index contributed by atoms with van der Waals surface area (Å²) in [4.78, 5) is 0. The van der Waals surface area contributed by atoms with E-state index in [9.17, 15) is 0 Å². The van der Waals surface area contributed by atoms with E-state index in [1.54, 1.807) is 5.56 Å². The molecule has 1 aliphatic rings. The second-order valence-corrected chi connectivity index (χ2v) is 5.23. The first-order valence-corrected chi connectivity index (χ1v) is 6.44. The Morgan fingerprint density at radius 1 is 1.31 bits per heavy atom. The number of rotatable bonds is 3. The summed E-state index contributed by atoms with van der Waals surface area (Å²) in [6.45, 7) is 10.1. The summed E-state index contributed by atoms with van der Waals surface area (Å²) in [5.74, 6) is 1.55. The van der Waals surface area contributed by atoms with Crippen molar-refractivity contribution in [3.63, 3.8) is 0 Å². The molecule has 0 radical (unpaired) electrons. The van der Waals surface area contributed by atoms with E-state index in [4.69, 9.17) is 0 Å². The van der Waals surface area contributed by atoms with Crippen LogP contribution in [0.25, 0.3) is 0 Å². The maximum atomic E-state index is 3.56. The van der Waals surface area contributed by atoms with Gasteiger partial charge < -0.3 is 5.32 Å². The van der Waals surface area contributed by atoms with Gasteiger partial charge in [-0.05, 0) is 49.8 Å². The maximum absolute atomic E-state index is 3.56. The van der Waals surface area contributed by atoms with Gasteiger partial charge in [-0.25, -0.2) is 0 Å². The molecule has 1 aromatic carbocycles. The third-order valence-corrected chi connectivity index (χ3v) is 4.07. The number of nitrogens with one attached hydrogen (secondary N) is 1. The Morgan fingerprint density at radius 3 is 2.62 bits per heavy atom. The third kappa shape index (κ3) is 2.01. The van der Waals surface area contributed by atoms with Crippen LogP contribution >= 0.6 is 0 Å². The Labute approximate surface area is 99.3 Å². The van der Waals surface area contributed by atoms with Gasteiger partial charge in [0.05, 0.1) is 0 Å². The lowest BCUT2D eigenvalue weighted by Gasteiger charge is -2.44. The minimum absolute atomic E-state index is 0.732. The van der Waals surface area contributed by atoms with Gasteiger partial charge in [-0.1, -0.05) is 37.6 Å². The Hall–Kier alpha value is -0.820. The lowest BCUT2D eigenvalue weighted by molar-refractivity contribution is 0.186. The van der Waals surface area contributed by atoms with E-state index < -0.39 is 0 Å². The molecule has 0 amide bonds. The number of hydrogen-bond donors (Lipinski definition) is 1. The summed E-state index contributed by atoms with van der Waals surface area (Å²) >= 11 is 0. The van der Waals surface area contributed by atoms with Gasteiger partial charge >= 0.3 is 0 Å². The smallest absolute Gasteiger partial charge is 0.0104 e. The van der Waals surface area contributed by atoms with E-state index in [2.05, 4.69) is 51.2 Å². The predicted octanol–water partition coefficient (Wildman–Crippen LogP) is 3.40. The molecule has 0 saturated heterocycles. The highest BCUT2D eigenvalue weighted by molar-refractivity contribution is 5.35. The molecule has 1 saturated carbocycles. The van der Waals surface area contributed by atoms with Crippen LogP contribution < -0.4 is 5.32 Å². The normalized spacial score (nSPS) is 28.9. The number of aryl methyl sites for hydroxylation is 2. The van der Waals surface area contributed by atoms with Gasteiger partial charge in [0.15, 0.2) is 0 Å². The van der Waals surface area contributed by atoms with Gasteiger partial charge in [-0.3, -0.25) is 0 Å². The first kappa shape index (κ1) is 11.7. The van der Waals surface area contributed by atoms with Crippen LogP contribution in [0.4, 0.5) is 0 Å². The second kappa shape index (κ2) is 4.58. The maximum Gasteiger partial charge on any atom is 0.0104 e. The predicted molar refractivity (Wildman–Crippen MR) is 69.9 cm³/mol. The fourth-order valence-electron chi connectivity index (χ4n) is 2.97. The fraction of sp³-hybridized carbons (Fsp3) is 0.600.